The van der Waals surface area contributed by atoms with Crippen molar-refractivity contribution in [1.82, 2.24) is 5.32 Å². The Bertz CT molecular complexity index is 849. The average molecular weight is 392 g/mol. The van der Waals surface area contributed by atoms with Crippen LogP contribution in [0, 0.1) is 6.92 Å². The topological polar surface area (TPSA) is 84.9 Å². The van der Waals surface area contributed by atoms with Crippen LogP contribution in [0.25, 0.3) is 0 Å². The number of sulfonamides is 1. The molecule has 2 aromatic carbocycles. The van der Waals surface area contributed by atoms with E-state index < -0.39 is 15.9 Å². The molecular weight excluding hydrogens is 368 g/mol. The number of methoxy groups -OCH3 is 2. The number of benzene rings is 2. The monoisotopic (exact) mass is 392 g/mol. The molecule has 0 aliphatic rings. The second kappa shape index (κ2) is 9.38. The van der Waals surface area contributed by atoms with E-state index in [2.05, 4.69) is 5.32 Å². The maximum Gasteiger partial charge on any atom is 0.264 e. The molecule has 1 N–H and O–H groups in total. The van der Waals surface area contributed by atoms with Gasteiger partial charge in [-0.25, -0.2) is 8.42 Å². The fourth-order valence-electron chi connectivity index (χ4n) is 2.38. The normalized spacial score (nSPS) is 11.1. The van der Waals surface area contributed by atoms with Crippen molar-refractivity contribution < 1.29 is 22.7 Å². The van der Waals surface area contributed by atoms with Crippen molar-refractivity contribution in [2.75, 3.05) is 38.2 Å². The standard InChI is InChI=1S/C19H24N2O5S/c1-15-4-10-18(11-5-15)27(23,24)21(14-19(22)20-12-13-25-2)16-6-8-17(26-3)9-7-16/h4-11H,12-14H2,1-3H3,(H,20,22). The van der Waals surface area contributed by atoms with Gasteiger partial charge in [0.1, 0.15) is 12.3 Å². The first-order valence-electron chi connectivity index (χ1n) is 8.37. The predicted octanol–water partition coefficient (Wildman–Crippen LogP) is 1.96. The van der Waals surface area contributed by atoms with E-state index in [0.29, 0.717) is 24.6 Å². The van der Waals surface area contributed by atoms with E-state index in [4.69, 9.17) is 9.47 Å². The summed E-state index contributed by atoms with van der Waals surface area (Å²) in [6.07, 6.45) is 0. The highest BCUT2D eigenvalue weighted by atomic mass is 32.2. The number of ether oxygens (including phenoxy) is 2. The van der Waals surface area contributed by atoms with Crippen molar-refractivity contribution in [3.63, 3.8) is 0 Å². The molecule has 8 heteroatoms. The number of rotatable bonds is 9. The molecule has 0 fully saturated rings. The molecule has 0 heterocycles. The van der Waals surface area contributed by atoms with Gasteiger partial charge in [0.25, 0.3) is 10.0 Å². The number of anilines is 1. The molecule has 2 rings (SSSR count). The zero-order valence-electron chi connectivity index (χ0n) is 15.6. The molecule has 27 heavy (non-hydrogen) atoms. The highest BCUT2D eigenvalue weighted by Gasteiger charge is 2.27. The third-order valence-electron chi connectivity index (χ3n) is 3.88. The number of amides is 1. The zero-order chi connectivity index (χ0) is 19.9. The van der Waals surface area contributed by atoms with Gasteiger partial charge >= 0.3 is 0 Å². The summed E-state index contributed by atoms with van der Waals surface area (Å²) in [5.41, 5.74) is 1.32. The van der Waals surface area contributed by atoms with Gasteiger partial charge < -0.3 is 14.8 Å². The predicted molar refractivity (Wildman–Crippen MR) is 104 cm³/mol. The summed E-state index contributed by atoms with van der Waals surface area (Å²) in [7, 11) is -0.863. The molecule has 0 atom stereocenters. The van der Waals surface area contributed by atoms with Crippen LogP contribution in [0.2, 0.25) is 0 Å². The molecule has 0 unspecified atom stereocenters. The first-order valence-corrected chi connectivity index (χ1v) is 9.81. The van der Waals surface area contributed by atoms with Gasteiger partial charge in [-0.1, -0.05) is 17.7 Å². The Balaban J connectivity index is 2.35. The highest BCUT2D eigenvalue weighted by Crippen LogP contribution is 2.25. The maximum absolute atomic E-state index is 13.2. The second-order valence-electron chi connectivity index (χ2n) is 5.87. The van der Waals surface area contributed by atoms with Gasteiger partial charge in [0.15, 0.2) is 0 Å². The summed E-state index contributed by atoms with van der Waals surface area (Å²) in [5.74, 6) is 0.175. The summed E-state index contributed by atoms with van der Waals surface area (Å²) in [4.78, 5) is 12.4. The van der Waals surface area contributed by atoms with Crippen LogP contribution in [-0.4, -0.2) is 48.2 Å². The van der Waals surface area contributed by atoms with Crippen LogP contribution in [0.3, 0.4) is 0 Å². The lowest BCUT2D eigenvalue weighted by atomic mass is 10.2. The molecule has 0 bridgehead atoms. The van der Waals surface area contributed by atoms with E-state index >= 15 is 0 Å². The molecule has 2 aromatic rings. The number of aryl methyl sites for hydroxylation is 1. The number of carbonyl (C=O) groups is 1. The molecule has 1 amide bonds. The molecule has 0 radical (unpaired) electrons. The molecule has 0 spiro atoms. The lowest BCUT2D eigenvalue weighted by molar-refractivity contribution is -0.119. The molecule has 0 aliphatic heterocycles. The van der Waals surface area contributed by atoms with Crippen molar-refractivity contribution >= 4 is 21.6 Å². The molecule has 7 nitrogen and oxygen atoms in total. The van der Waals surface area contributed by atoms with Gasteiger partial charge in [-0.15, -0.1) is 0 Å². The van der Waals surface area contributed by atoms with Crippen LogP contribution in [0.5, 0.6) is 5.75 Å². The van der Waals surface area contributed by atoms with E-state index in [1.807, 2.05) is 6.92 Å². The van der Waals surface area contributed by atoms with Crippen LogP contribution in [0.1, 0.15) is 5.56 Å². The van der Waals surface area contributed by atoms with E-state index in [-0.39, 0.29) is 11.4 Å². The number of nitrogens with one attached hydrogen (secondary N) is 1. The van der Waals surface area contributed by atoms with E-state index in [1.165, 1.54) is 26.4 Å². The van der Waals surface area contributed by atoms with Crippen molar-refractivity contribution in [3.8, 4) is 5.75 Å². The van der Waals surface area contributed by atoms with Crippen molar-refractivity contribution in [3.05, 3.63) is 54.1 Å². The molecule has 0 aromatic heterocycles. The minimum Gasteiger partial charge on any atom is -0.497 e. The number of hydrogen-bond donors (Lipinski definition) is 1. The first-order chi connectivity index (χ1) is 12.9. The van der Waals surface area contributed by atoms with E-state index in [0.717, 1.165) is 9.87 Å². The Morgan fingerprint density at radius 2 is 1.67 bits per heavy atom. The van der Waals surface area contributed by atoms with Crippen LogP contribution < -0.4 is 14.4 Å². The van der Waals surface area contributed by atoms with Gasteiger partial charge in [0.05, 0.1) is 24.3 Å². The highest BCUT2D eigenvalue weighted by molar-refractivity contribution is 7.92. The van der Waals surface area contributed by atoms with Crippen LogP contribution >= 0.6 is 0 Å². The van der Waals surface area contributed by atoms with E-state index in [9.17, 15) is 13.2 Å². The summed E-state index contributed by atoms with van der Waals surface area (Å²) >= 11 is 0. The Morgan fingerprint density at radius 1 is 1.04 bits per heavy atom. The minimum atomic E-state index is -3.92. The van der Waals surface area contributed by atoms with Gasteiger partial charge in [-0.2, -0.15) is 0 Å². The number of carbonyl (C=O) groups excluding carboxylic acids is 1. The molecule has 0 saturated carbocycles. The quantitative estimate of drug-likeness (QED) is 0.660. The summed E-state index contributed by atoms with van der Waals surface area (Å²) in [6.45, 7) is 2.18. The summed E-state index contributed by atoms with van der Waals surface area (Å²) in [6, 6.07) is 13.0. The average Bonchev–Trinajstić information content (AvgIpc) is 2.67. The fraction of sp³-hybridized carbons (Fsp3) is 0.316. The molecule has 146 valence electrons. The summed E-state index contributed by atoms with van der Waals surface area (Å²) < 4.78 is 37.4. The van der Waals surface area contributed by atoms with Crippen LogP contribution in [0.4, 0.5) is 5.69 Å². The first kappa shape index (κ1) is 20.7. The Kier molecular flexibility index (Phi) is 7.20. The largest absolute Gasteiger partial charge is 0.497 e. The Morgan fingerprint density at radius 3 is 2.22 bits per heavy atom. The van der Waals surface area contributed by atoms with Crippen molar-refractivity contribution in [2.45, 2.75) is 11.8 Å². The van der Waals surface area contributed by atoms with Crippen LogP contribution in [0.15, 0.2) is 53.4 Å². The smallest absolute Gasteiger partial charge is 0.264 e. The molecule has 0 aliphatic carbocycles. The Labute approximate surface area is 160 Å². The zero-order valence-corrected chi connectivity index (χ0v) is 16.5. The third kappa shape index (κ3) is 5.45. The number of hydrogen-bond acceptors (Lipinski definition) is 5. The van der Waals surface area contributed by atoms with Crippen LogP contribution in [-0.2, 0) is 19.6 Å². The number of nitrogens with zero attached hydrogens (tertiary/aromatic N) is 1. The second-order valence-corrected chi connectivity index (χ2v) is 7.73. The fourth-order valence-corrected chi connectivity index (χ4v) is 3.80. The lowest BCUT2D eigenvalue weighted by Gasteiger charge is -2.24. The SMILES string of the molecule is COCCNC(=O)CN(c1ccc(OC)cc1)S(=O)(=O)c1ccc(C)cc1. The Hall–Kier alpha value is -2.58. The van der Waals surface area contributed by atoms with Gasteiger partial charge in [0, 0.05) is 13.7 Å². The molecular formula is C19H24N2O5S. The summed E-state index contributed by atoms with van der Waals surface area (Å²) in [5, 5.41) is 2.64. The maximum atomic E-state index is 13.2. The van der Waals surface area contributed by atoms with Gasteiger partial charge in [-0.3, -0.25) is 9.10 Å². The van der Waals surface area contributed by atoms with Gasteiger partial charge in [0.2, 0.25) is 5.91 Å². The van der Waals surface area contributed by atoms with Crippen molar-refractivity contribution in [2.24, 2.45) is 0 Å². The van der Waals surface area contributed by atoms with E-state index in [1.54, 1.807) is 36.4 Å². The van der Waals surface area contributed by atoms with Gasteiger partial charge in [-0.05, 0) is 43.3 Å². The lowest BCUT2D eigenvalue weighted by Crippen LogP contribution is -2.41. The molecule has 0 saturated heterocycles. The van der Waals surface area contributed by atoms with Crippen molar-refractivity contribution in [1.29, 1.82) is 0 Å². The minimum absolute atomic E-state index is 0.119. The third-order valence-corrected chi connectivity index (χ3v) is 5.67.